The zero-order valence-corrected chi connectivity index (χ0v) is 11.2. The van der Waals surface area contributed by atoms with Crippen LogP contribution in [0.15, 0.2) is 45.5 Å². The Morgan fingerprint density at radius 3 is 2.72 bits per heavy atom. The fourth-order valence-electron chi connectivity index (χ4n) is 2.13. The van der Waals surface area contributed by atoms with Crippen LogP contribution in [0.4, 0.5) is 0 Å². The first-order valence-corrected chi connectivity index (χ1v) is 6.33. The van der Waals surface area contributed by atoms with E-state index in [1.165, 1.54) is 0 Å². The van der Waals surface area contributed by atoms with Gasteiger partial charge >= 0.3 is 0 Å². The van der Waals surface area contributed by atoms with E-state index in [4.69, 9.17) is 4.42 Å². The number of halogens is 1. The second-order valence-electron chi connectivity index (χ2n) is 4.10. The lowest BCUT2D eigenvalue weighted by molar-refractivity contribution is 0.101. The molecule has 4 heteroatoms. The number of rotatable bonds is 2. The Kier molecular flexibility index (Phi) is 2.59. The van der Waals surface area contributed by atoms with Gasteiger partial charge in [-0.15, -0.1) is 0 Å². The van der Waals surface area contributed by atoms with Crippen LogP contribution < -0.4 is 0 Å². The smallest absolute Gasteiger partial charge is 0.230 e. The Labute approximate surface area is 112 Å². The molecule has 1 N–H and O–H groups in total. The predicted octanol–water partition coefficient (Wildman–Crippen LogP) is 4.06. The minimum absolute atomic E-state index is 0.101. The first-order valence-electron chi connectivity index (χ1n) is 5.54. The molecule has 1 aromatic carbocycles. The number of ketones is 1. The fourth-order valence-corrected chi connectivity index (χ4v) is 2.44. The maximum atomic E-state index is 12.4. The summed E-state index contributed by atoms with van der Waals surface area (Å²) in [5.41, 5.74) is 2.49. The largest absolute Gasteiger partial charge is 0.446 e. The van der Waals surface area contributed by atoms with Gasteiger partial charge in [0.25, 0.3) is 0 Å². The lowest BCUT2D eigenvalue weighted by Crippen LogP contribution is -2.00. The molecular formula is C14H10BrNO2. The number of aromatic nitrogens is 1. The second kappa shape index (κ2) is 4.14. The van der Waals surface area contributed by atoms with Crippen molar-refractivity contribution >= 4 is 32.6 Å². The van der Waals surface area contributed by atoms with E-state index in [0.717, 1.165) is 16.6 Å². The second-order valence-corrected chi connectivity index (χ2v) is 4.89. The van der Waals surface area contributed by atoms with Crippen molar-refractivity contribution in [2.45, 2.75) is 6.92 Å². The summed E-state index contributed by atoms with van der Waals surface area (Å²) in [5, 5.41) is 0.924. The van der Waals surface area contributed by atoms with Crippen LogP contribution in [0.1, 0.15) is 21.8 Å². The third-order valence-electron chi connectivity index (χ3n) is 2.92. The number of fused-ring (bicyclic) bond motifs is 1. The summed E-state index contributed by atoms with van der Waals surface area (Å²) in [6.45, 7) is 1.89. The molecule has 0 aliphatic heterocycles. The van der Waals surface area contributed by atoms with Gasteiger partial charge in [-0.25, -0.2) is 0 Å². The zero-order chi connectivity index (χ0) is 12.7. The van der Waals surface area contributed by atoms with Crippen molar-refractivity contribution in [1.82, 2.24) is 4.98 Å². The van der Waals surface area contributed by atoms with Gasteiger partial charge in [-0.1, -0.05) is 18.2 Å². The van der Waals surface area contributed by atoms with E-state index in [2.05, 4.69) is 20.9 Å². The molecule has 2 aromatic heterocycles. The number of H-pyrrole nitrogens is 1. The summed E-state index contributed by atoms with van der Waals surface area (Å²) in [6, 6.07) is 11.1. The predicted molar refractivity (Wildman–Crippen MR) is 72.9 cm³/mol. The normalized spacial score (nSPS) is 11.0. The fraction of sp³-hybridized carbons (Fsp3) is 0.0714. The minimum Gasteiger partial charge on any atom is -0.446 e. The van der Waals surface area contributed by atoms with Crippen molar-refractivity contribution < 1.29 is 9.21 Å². The van der Waals surface area contributed by atoms with Gasteiger partial charge in [-0.2, -0.15) is 0 Å². The number of aryl methyl sites for hydroxylation is 1. The molecule has 0 bridgehead atoms. The summed E-state index contributed by atoms with van der Waals surface area (Å²) in [5.74, 6) is 0.241. The highest BCUT2D eigenvalue weighted by atomic mass is 79.9. The molecule has 2 heterocycles. The molecule has 0 amide bonds. The molecule has 18 heavy (non-hydrogen) atoms. The molecule has 0 unspecified atom stereocenters. The highest BCUT2D eigenvalue weighted by Crippen LogP contribution is 2.26. The van der Waals surface area contributed by atoms with Crippen molar-refractivity contribution in [3.8, 4) is 0 Å². The SMILES string of the molecule is Cc1[nH]c2ccccc2c1C(=O)c1ccc(Br)o1. The Hall–Kier alpha value is -1.81. The summed E-state index contributed by atoms with van der Waals surface area (Å²) in [6.07, 6.45) is 0. The maximum Gasteiger partial charge on any atom is 0.230 e. The number of furan rings is 1. The molecule has 0 saturated heterocycles. The monoisotopic (exact) mass is 303 g/mol. The number of carbonyl (C=O) groups is 1. The van der Waals surface area contributed by atoms with Crippen molar-refractivity contribution in [3.63, 3.8) is 0 Å². The van der Waals surface area contributed by atoms with Crippen LogP contribution >= 0.6 is 15.9 Å². The van der Waals surface area contributed by atoms with Crippen LogP contribution in [0.3, 0.4) is 0 Å². The van der Waals surface area contributed by atoms with Crippen LogP contribution in [0.25, 0.3) is 10.9 Å². The number of hydrogen-bond donors (Lipinski definition) is 1. The van der Waals surface area contributed by atoms with E-state index < -0.39 is 0 Å². The topological polar surface area (TPSA) is 46.0 Å². The Bertz CT molecular complexity index is 739. The van der Waals surface area contributed by atoms with Crippen LogP contribution in [0.2, 0.25) is 0 Å². The van der Waals surface area contributed by atoms with Crippen molar-refractivity contribution in [2.75, 3.05) is 0 Å². The van der Waals surface area contributed by atoms with E-state index in [9.17, 15) is 4.79 Å². The molecule has 3 rings (SSSR count). The number of hydrogen-bond acceptors (Lipinski definition) is 2. The van der Waals surface area contributed by atoms with E-state index in [0.29, 0.717) is 16.0 Å². The molecule has 0 aliphatic carbocycles. The molecule has 0 atom stereocenters. The van der Waals surface area contributed by atoms with Crippen LogP contribution in [0.5, 0.6) is 0 Å². The number of benzene rings is 1. The number of carbonyl (C=O) groups excluding carboxylic acids is 1. The molecule has 0 saturated carbocycles. The van der Waals surface area contributed by atoms with Crippen molar-refractivity contribution in [3.05, 3.63) is 58.1 Å². The number of nitrogens with one attached hydrogen (secondary N) is 1. The van der Waals surface area contributed by atoms with E-state index in [1.54, 1.807) is 12.1 Å². The van der Waals surface area contributed by atoms with Gasteiger partial charge in [0.05, 0.1) is 5.56 Å². The molecule has 90 valence electrons. The molecule has 0 fully saturated rings. The van der Waals surface area contributed by atoms with Gasteiger partial charge < -0.3 is 9.40 Å². The average Bonchev–Trinajstić information content (AvgIpc) is 2.91. The maximum absolute atomic E-state index is 12.4. The van der Waals surface area contributed by atoms with Gasteiger partial charge in [0.15, 0.2) is 10.4 Å². The molecule has 3 aromatic rings. The number of para-hydroxylation sites is 1. The molecular weight excluding hydrogens is 294 g/mol. The minimum atomic E-state index is -0.101. The standard InChI is InChI=1S/C14H10BrNO2/c1-8-13(9-4-2-3-5-10(9)16-8)14(17)11-6-7-12(15)18-11/h2-7,16H,1H3. The van der Waals surface area contributed by atoms with Crippen LogP contribution in [0, 0.1) is 6.92 Å². The quantitative estimate of drug-likeness (QED) is 0.726. The Morgan fingerprint density at radius 1 is 1.22 bits per heavy atom. The molecule has 0 aliphatic rings. The van der Waals surface area contributed by atoms with Crippen molar-refractivity contribution in [1.29, 1.82) is 0 Å². The lowest BCUT2D eigenvalue weighted by Gasteiger charge is -1.97. The third-order valence-corrected chi connectivity index (χ3v) is 3.34. The summed E-state index contributed by atoms with van der Waals surface area (Å²) < 4.78 is 5.88. The molecule has 0 spiro atoms. The first-order chi connectivity index (χ1) is 8.66. The van der Waals surface area contributed by atoms with Gasteiger partial charge in [-0.3, -0.25) is 4.79 Å². The summed E-state index contributed by atoms with van der Waals surface area (Å²) >= 11 is 3.21. The van der Waals surface area contributed by atoms with Gasteiger partial charge in [0.1, 0.15) is 0 Å². The summed E-state index contributed by atoms with van der Waals surface area (Å²) in [7, 11) is 0. The highest BCUT2D eigenvalue weighted by Gasteiger charge is 2.19. The van der Waals surface area contributed by atoms with E-state index in [1.807, 2.05) is 31.2 Å². The Balaban J connectivity index is 2.20. The zero-order valence-electron chi connectivity index (χ0n) is 9.66. The first kappa shape index (κ1) is 11.3. The highest BCUT2D eigenvalue weighted by molar-refractivity contribution is 9.10. The van der Waals surface area contributed by atoms with Gasteiger partial charge in [-0.05, 0) is 41.1 Å². The summed E-state index contributed by atoms with van der Waals surface area (Å²) in [4.78, 5) is 15.6. The van der Waals surface area contributed by atoms with E-state index in [-0.39, 0.29) is 5.78 Å². The van der Waals surface area contributed by atoms with Gasteiger partial charge in [0, 0.05) is 16.6 Å². The third kappa shape index (κ3) is 1.69. The Morgan fingerprint density at radius 2 is 2.00 bits per heavy atom. The van der Waals surface area contributed by atoms with E-state index >= 15 is 0 Å². The molecule has 0 radical (unpaired) electrons. The van der Waals surface area contributed by atoms with Crippen LogP contribution in [-0.4, -0.2) is 10.8 Å². The van der Waals surface area contributed by atoms with Gasteiger partial charge in [0.2, 0.25) is 5.78 Å². The van der Waals surface area contributed by atoms with Crippen LogP contribution in [-0.2, 0) is 0 Å². The average molecular weight is 304 g/mol. The number of aromatic amines is 1. The molecule has 3 nitrogen and oxygen atoms in total. The lowest BCUT2D eigenvalue weighted by atomic mass is 10.1. The van der Waals surface area contributed by atoms with Crippen molar-refractivity contribution in [2.24, 2.45) is 0 Å².